The normalized spacial score (nSPS) is 12.3. The Morgan fingerprint density at radius 2 is 1.81 bits per heavy atom. The molecule has 0 saturated carbocycles. The Labute approximate surface area is 191 Å². The van der Waals surface area contributed by atoms with Crippen molar-refractivity contribution >= 4 is 25.1 Å². The molecule has 0 atom stereocenters. The van der Waals surface area contributed by atoms with E-state index in [9.17, 15) is 4.79 Å². The van der Waals surface area contributed by atoms with Crippen LogP contribution in [0.25, 0.3) is 22.3 Å². The lowest BCUT2D eigenvalue weighted by molar-refractivity contribution is -0.154. The second kappa shape index (κ2) is 9.91. The van der Waals surface area contributed by atoms with Gasteiger partial charge in [-0.3, -0.25) is 4.79 Å². The van der Waals surface area contributed by atoms with Crippen LogP contribution in [0.2, 0.25) is 25.7 Å². The van der Waals surface area contributed by atoms with Crippen molar-refractivity contribution in [3.63, 3.8) is 0 Å². The Hall–Kier alpha value is -2.58. The van der Waals surface area contributed by atoms with Gasteiger partial charge in [0.1, 0.15) is 18.7 Å². The van der Waals surface area contributed by atoms with E-state index in [-0.39, 0.29) is 5.97 Å². The first-order valence-electron chi connectivity index (χ1n) is 11.1. The van der Waals surface area contributed by atoms with Gasteiger partial charge in [0.25, 0.3) is 0 Å². The van der Waals surface area contributed by atoms with Crippen molar-refractivity contribution in [3.05, 3.63) is 42.4 Å². The zero-order valence-electron chi connectivity index (χ0n) is 20.0. The van der Waals surface area contributed by atoms with E-state index < -0.39 is 13.7 Å². The lowest BCUT2D eigenvalue weighted by Crippen LogP contribution is -2.23. The first-order chi connectivity index (χ1) is 15.0. The first-order valence-corrected chi connectivity index (χ1v) is 14.8. The molecule has 8 heteroatoms. The number of esters is 1. The van der Waals surface area contributed by atoms with E-state index in [0.717, 1.165) is 40.5 Å². The number of ether oxygens (including phenoxy) is 2. The maximum absolute atomic E-state index is 12.0. The van der Waals surface area contributed by atoms with Crippen molar-refractivity contribution in [2.24, 2.45) is 0 Å². The minimum Gasteiger partial charge on any atom is -0.460 e. The van der Waals surface area contributed by atoms with Crippen LogP contribution in [0.4, 0.5) is 0 Å². The molecule has 0 saturated heterocycles. The number of aromatic nitrogens is 4. The minimum atomic E-state index is -1.12. The fraction of sp³-hybridized carbons (Fsp3) is 0.500. The maximum atomic E-state index is 12.0. The second-order valence-corrected chi connectivity index (χ2v) is 15.9. The summed E-state index contributed by atoms with van der Waals surface area (Å²) < 4.78 is 13.0. The van der Waals surface area contributed by atoms with E-state index >= 15 is 0 Å². The van der Waals surface area contributed by atoms with E-state index in [1.807, 2.05) is 45.0 Å². The summed E-state index contributed by atoms with van der Waals surface area (Å²) in [6.45, 7) is 13.8. The van der Waals surface area contributed by atoms with Crippen LogP contribution >= 0.6 is 0 Å². The molecule has 7 nitrogen and oxygen atoms in total. The Morgan fingerprint density at radius 3 is 2.47 bits per heavy atom. The largest absolute Gasteiger partial charge is 0.460 e. The monoisotopic (exact) mass is 454 g/mol. The quantitative estimate of drug-likeness (QED) is 0.255. The molecule has 2 heterocycles. The van der Waals surface area contributed by atoms with Gasteiger partial charge in [0.05, 0.1) is 17.3 Å². The molecular formula is C24H34N4O3Si. The Balaban J connectivity index is 1.66. The number of benzene rings is 1. The van der Waals surface area contributed by atoms with Gasteiger partial charge >= 0.3 is 5.97 Å². The van der Waals surface area contributed by atoms with E-state index in [1.165, 1.54) is 0 Å². The molecule has 0 fully saturated rings. The molecule has 172 valence electrons. The van der Waals surface area contributed by atoms with Crippen molar-refractivity contribution in [1.82, 2.24) is 19.7 Å². The topological polar surface area (TPSA) is 79.1 Å². The molecule has 0 bridgehead atoms. The van der Waals surface area contributed by atoms with Gasteiger partial charge in [-0.15, -0.1) is 0 Å². The van der Waals surface area contributed by atoms with Crippen LogP contribution < -0.4 is 0 Å². The smallest absolute Gasteiger partial charge is 0.306 e. The van der Waals surface area contributed by atoms with Gasteiger partial charge in [0, 0.05) is 26.7 Å². The van der Waals surface area contributed by atoms with Gasteiger partial charge in [-0.05, 0) is 38.8 Å². The summed E-state index contributed by atoms with van der Waals surface area (Å²) in [7, 11) is -1.12. The molecule has 0 radical (unpaired) electrons. The predicted molar refractivity (Wildman–Crippen MR) is 129 cm³/mol. The number of carbonyl (C=O) groups excluding carboxylic acids is 1. The number of hydrogen-bond acceptors (Lipinski definition) is 6. The summed E-state index contributed by atoms with van der Waals surface area (Å²) in [5.74, 6) is -0.182. The molecule has 1 aromatic carbocycles. The summed E-state index contributed by atoms with van der Waals surface area (Å²) in [5, 5.41) is 5.35. The molecular weight excluding hydrogens is 420 g/mol. The third-order valence-corrected chi connectivity index (χ3v) is 6.61. The van der Waals surface area contributed by atoms with Crippen LogP contribution in [0.5, 0.6) is 0 Å². The number of rotatable bonds is 9. The highest BCUT2D eigenvalue weighted by molar-refractivity contribution is 6.76. The fourth-order valence-corrected chi connectivity index (χ4v) is 3.97. The van der Waals surface area contributed by atoms with Crippen molar-refractivity contribution in [2.75, 3.05) is 6.61 Å². The second-order valence-electron chi connectivity index (χ2n) is 10.2. The van der Waals surface area contributed by atoms with Crippen molar-refractivity contribution in [1.29, 1.82) is 0 Å². The predicted octanol–water partition coefficient (Wildman–Crippen LogP) is 5.08. The van der Waals surface area contributed by atoms with Gasteiger partial charge in [-0.1, -0.05) is 43.9 Å². The first kappa shape index (κ1) is 24.1. The van der Waals surface area contributed by atoms with E-state index in [2.05, 4.69) is 34.7 Å². The summed E-state index contributed by atoms with van der Waals surface area (Å²) >= 11 is 0. The summed E-state index contributed by atoms with van der Waals surface area (Å²) in [6, 6.07) is 9.21. The Kier molecular flexibility index (Phi) is 7.46. The van der Waals surface area contributed by atoms with E-state index in [1.54, 1.807) is 17.2 Å². The zero-order valence-corrected chi connectivity index (χ0v) is 21.0. The van der Waals surface area contributed by atoms with Gasteiger partial charge in [0.2, 0.25) is 0 Å². The third-order valence-electron chi connectivity index (χ3n) is 4.91. The number of carbonyl (C=O) groups is 1. The molecule has 0 aliphatic heterocycles. The number of aryl methyl sites for hydroxylation is 1. The van der Waals surface area contributed by atoms with E-state index in [0.29, 0.717) is 19.6 Å². The molecule has 0 spiro atoms. The number of fused-ring (bicyclic) bond motifs is 1. The molecule has 0 N–H and O–H groups in total. The standard InChI is InChI=1S/C24H34N4O3Si/c1-24(2,3)31-21(29)12-9-18-7-10-19(11-8-18)22-20-15-27-28(23(20)26-16-25-22)17-30-13-14-32(4,5)6/h7-8,10-11,15-16H,9,12-14,17H2,1-6H3. The third kappa shape index (κ3) is 6.96. The van der Waals surface area contributed by atoms with Gasteiger partial charge in [-0.2, -0.15) is 5.10 Å². The molecule has 3 aromatic rings. The molecule has 0 aliphatic carbocycles. The van der Waals surface area contributed by atoms with Gasteiger partial charge < -0.3 is 9.47 Å². The van der Waals surface area contributed by atoms with Crippen molar-refractivity contribution in [3.8, 4) is 11.3 Å². The zero-order chi connectivity index (χ0) is 23.4. The average molecular weight is 455 g/mol. The summed E-state index contributed by atoms with van der Waals surface area (Å²) in [5.41, 5.74) is 3.21. The Bertz CT molecular complexity index is 1050. The average Bonchev–Trinajstić information content (AvgIpc) is 3.11. The highest BCUT2D eigenvalue weighted by Gasteiger charge is 2.16. The SMILES string of the molecule is CC(C)(C)OC(=O)CCc1ccc(-c2ncnc3c2cnn3COCC[Si](C)(C)C)cc1. The molecule has 0 aliphatic rings. The van der Waals surface area contributed by atoms with Gasteiger partial charge in [0.15, 0.2) is 5.65 Å². The molecule has 2 aromatic heterocycles. The van der Waals surface area contributed by atoms with Crippen molar-refractivity contribution in [2.45, 2.75) is 71.6 Å². The van der Waals surface area contributed by atoms with Crippen LogP contribution in [-0.2, 0) is 27.4 Å². The molecule has 0 unspecified atom stereocenters. The van der Waals surface area contributed by atoms with Crippen molar-refractivity contribution < 1.29 is 14.3 Å². The van der Waals surface area contributed by atoms with E-state index in [4.69, 9.17) is 9.47 Å². The Morgan fingerprint density at radius 1 is 1.09 bits per heavy atom. The number of hydrogen-bond donors (Lipinski definition) is 0. The fourth-order valence-electron chi connectivity index (χ4n) is 3.22. The maximum Gasteiger partial charge on any atom is 0.306 e. The highest BCUT2D eigenvalue weighted by atomic mass is 28.3. The van der Waals surface area contributed by atoms with Crippen LogP contribution in [0.15, 0.2) is 36.8 Å². The lowest BCUT2D eigenvalue weighted by Gasteiger charge is -2.19. The van der Waals surface area contributed by atoms with Crippen LogP contribution in [-0.4, -0.2) is 46.0 Å². The highest BCUT2D eigenvalue weighted by Crippen LogP contribution is 2.26. The lowest BCUT2D eigenvalue weighted by atomic mass is 10.0. The van der Waals surface area contributed by atoms with Gasteiger partial charge in [-0.25, -0.2) is 14.6 Å². The number of nitrogens with zero attached hydrogens (tertiary/aromatic N) is 4. The minimum absolute atomic E-state index is 0.182. The van der Waals surface area contributed by atoms with Crippen LogP contribution in [0.1, 0.15) is 32.8 Å². The summed E-state index contributed by atoms with van der Waals surface area (Å²) in [6.07, 6.45) is 4.36. The van der Waals surface area contributed by atoms with Crippen LogP contribution in [0.3, 0.4) is 0 Å². The van der Waals surface area contributed by atoms with Crippen LogP contribution in [0, 0.1) is 0 Å². The molecule has 32 heavy (non-hydrogen) atoms. The molecule has 3 rings (SSSR count). The molecule has 0 amide bonds. The summed E-state index contributed by atoms with van der Waals surface area (Å²) in [4.78, 5) is 20.9.